The van der Waals surface area contributed by atoms with Crippen molar-refractivity contribution < 1.29 is 14.1 Å². The third kappa shape index (κ3) is 4.57. The van der Waals surface area contributed by atoms with Gasteiger partial charge in [0.2, 0.25) is 11.7 Å². The summed E-state index contributed by atoms with van der Waals surface area (Å²) in [4.78, 5) is 18.6. The third-order valence-electron chi connectivity index (χ3n) is 4.51. The Bertz CT molecular complexity index is 963. The van der Waals surface area contributed by atoms with Crippen molar-refractivity contribution in [2.45, 2.75) is 40.3 Å². The van der Waals surface area contributed by atoms with E-state index in [0.717, 1.165) is 22.3 Å². The smallest absolute Gasteiger partial charge is 0.263 e. The Morgan fingerprint density at radius 2 is 1.79 bits per heavy atom. The number of rotatable bonds is 6. The minimum atomic E-state index is -0.620. The number of amides is 1. The Morgan fingerprint density at radius 1 is 1.11 bits per heavy atom. The van der Waals surface area contributed by atoms with Gasteiger partial charge in [-0.05, 0) is 39.3 Å². The molecule has 1 aromatic heterocycles. The molecule has 6 nitrogen and oxygen atoms in total. The van der Waals surface area contributed by atoms with Gasteiger partial charge < -0.3 is 14.2 Å². The Labute approximate surface area is 165 Å². The van der Waals surface area contributed by atoms with Gasteiger partial charge in [0.05, 0.1) is 6.54 Å². The standard InChI is InChI=1S/C22H25N3O3/c1-14-6-9-18(10-7-14)21-23-20(28-24-21)13-25(5)22(26)17(4)27-19-11-8-15(2)12-16(19)3/h6-12,17H,13H2,1-5H3/t17-/m1/s1. The molecule has 0 bridgehead atoms. The maximum Gasteiger partial charge on any atom is 0.263 e. The van der Waals surface area contributed by atoms with Gasteiger partial charge >= 0.3 is 0 Å². The van der Waals surface area contributed by atoms with E-state index >= 15 is 0 Å². The van der Waals surface area contributed by atoms with Crippen LogP contribution >= 0.6 is 0 Å². The van der Waals surface area contributed by atoms with Crippen molar-refractivity contribution in [2.24, 2.45) is 0 Å². The second-order valence-corrected chi connectivity index (χ2v) is 7.10. The second-order valence-electron chi connectivity index (χ2n) is 7.10. The predicted molar refractivity (Wildman–Crippen MR) is 107 cm³/mol. The number of carbonyl (C=O) groups is 1. The van der Waals surface area contributed by atoms with Crippen molar-refractivity contribution in [1.82, 2.24) is 15.0 Å². The topological polar surface area (TPSA) is 68.5 Å². The van der Waals surface area contributed by atoms with Gasteiger partial charge in [-0.1, -0.05) is 52.7 Å². The van der Waals surface area contributed by atoms with Crippen LogP contribution in [0.3, 0.4) is 0 Å². The fourth-order valence-corrected chi connectivity index (χ4v) is 2.90. The first kappa shape index (κ1) is 19.6. The van der Waals surface area contributed by atoms with Gasteiger partial charge in [0, 0.05) is 12.6 Å². The van der Waals surface area contributed by atoms with Crippen LogP contribution in [0.4, 0.5) is 0 Å². The number of aryl methyl sites for hydroxylation is 3. The molecule has 146 valence electrons. The summed E-state index contributed by atoms with van der Waals surface area (Å²) in [6.45, 7) is 7.97. The van der Waals surface area contributed by atoms with Gasteiger partial charge in [0.25, 0.3) is 5.91 Å². The molecule has 0 spiro atoms. The maximum atomic E-state index is 12.7. The Balaban J connectivity index is 1.63. The zero-order valence-electron chi connectivity index (χ0n) is 16.9. The number of carbonyl (C=O) groups excluding carboxylic acids is 1. The van der Waals surface area contributed by atoms with Gasteiger partial charge in [-0.3, -0.25) is 4.79 Å². The van der Waals surface area contributed by atoms with Crippen molar-refractivity contribution >= 4 is 5.91 Å². The molecule has 0 aliphatic heterocycles. The molecule has 1 heterocycles. The molecule has 0 radical (unpaired) electrons. The van der Waals surface area contributed by atoms with Crippen molar-refractivity contribution in [2.75, 3.05) is 7.05 Å². The molecular weight excluding hydrogens is 354 g/mol. The van der Waals surface area contributed by atoms with E-state index in [4.69, 9.17) is 9.26 Å². The van der Waals surface area contributed by atoms with Crippen LogP contribution in [-0.4, -0.2) is 34.1 Å². The van der Waals surface area contributed by atoms with Crippen LogP contribution < -0.4 is 4.74 Å². The number of likely N-dealkylation sites (N-methyl/N-ethyl adjacent to an activating group) is 1. The molecule has 6 heteroatoms. The molecular formula is C22H25N3O3. The normalized spacial score (nSPS) is 11.9. The molecule has 0 aliphatic carbocycles. The molecule has 1 atom stereocenters. The molecule has 0 unspecified atom stereocenters. The maximum absolute atomic E-state index is 12.7. The van der Waals surface area contributed by atoms with E-state index in [1.807, 2.05) is 63.2 Å². The summed E-state index contributed by atoms with van der Waals surface area (Å²) in [5.74, 6) is 1.44. The minimum Gasteiger partial charge on any atom is -0.481 e. The molecule has 3 rings (SSSR count). The van der Waals surface area contributed by atoms with Crippen molar-refractivity contribution in [3.63, 3.8) is 0 Å². The second kappa shape index (κ2) is 8.25. The zero-order valence-corrected chi connectivity index (χ0v) is 16.9. The van der Waals surface area contributed by atoms with Crippen LogP contribution in [0.1, 0.15) is 29.5 Å². The lowest BCUT2D eigenvalue weighted by atomic mass is 10.1. The Morgan fingerprint density at radius 3 is 2.46 bits per heavy atom. The molecule has 0 saturated carbocycles. The highest BCUT2D eigenvalue weighted by Crippen LogP contribution is 2.21. The van der Waals surface area contributed by atoms with Gasteiger partial charge in [0.1, 0.15) is 5.75 Å². The highest BCUT2D eigenvalue weighted by Gasteiger charge is 2.22. The van der Waals surface area contributed by atoms with Crippen LogP contribution in [0.2, 0.25) is 0 Å². The first-order valence-electron chi connectivity index (χ1n) is 9.22. The predicted octanol–water partition coefficient (Wildman–Crippen LogP) is 4.09. The van der Waals surface area contributed by atoms with E-state index < -0.39 is 6.10 Å². The van der Waals surface area contributed by atoms with Gasteiger partial charge in [0.15, 0.2) is 6.10 Å². The molecule has 1 amide bonds. The summed E-state index contributed by atoms with van der Waals surface area (Å²) in [7, 11) is 1.69. The first-order valence-corrected chi connectivity index (χ1v) is 9.22. The largest absolute Gasteiger partial charge is 0.481 e. The zero-order chi connectivity index (χ0) is 20.3. The van der Waals surface area contributed by atoms with E-state index in [1.165, 1.54) is 4.90 Å². The van der Waals surface area contributed by atoms with Gasteiger partial charge in [-0.15, -0.1) is 0 Å². The lowest BCUT2D eigenvalue weighted by Crippen LogP contribution is -2.37. The van der Waals surface area contributed by atoms with E-state index in [1.54, 1.807) is 14.0 Å². The lowest BCUT2D eigenvalue weighted by molar-refractivity contribution is -0.137. The average Bonchev–Trinajstić information content (AvgIpc) is 3.12. The summed E-state index contributed by atoms with van der Waals surface area (Å²) in [6, 6.07) is 13.8. The molecule has 0 N–H and O–H groups in total. The minimum absolute atomic E-state index is 0.157. The SMILES string of the molecule is Cc1ccc(-c2noc(CN(C)C(=O)[C@@H](C)Oc3ccc(C)cc3C)n2)cc1. The fourth-order valence-electron chi connectivity index (χ4n) is 2.90. The highest BCUT2D eigenvalue weighted by atomic mass is 16.5. The molecule has 0 saturated heterocycles. The summed E-state index contributed by atoms with van der Waals surface area (Å²) in [5, 5.41) is 4.01. The summed E-state index contributed by atoms with van der Waals surface area (Å²) in [6.07, 6.45) is -0.620. The number of ether oxygens (including phenoxy) is 1. The molecule has 28 heavy (non-hydrogen) atoms. The number of benzene rings is 2. The van der Waals surface area contributed by atoms with E-state index in [0.29, 0.717) is 17.5 Å². The van der Waals surface area contributed by atoms with E-state index in [2.05, 4.69) is 10.1 Å². The van der Waals surface area contributed by atoms with Crippen molar-refractivity contribution in [3.05, 3.63) is 65.0 Å². The fraction of sp³-hybridized carbons (Fsp3) is 0.318. The first-order chi connectivity index (χ1) is 13.3. The van der Waals surface area contributed by atoms with E-state index in [-0.39, 0.29) is 12.5 Å². The van der Waals surface area contributed by atoms with Crippen LogP contribution in [0.25, 0.3) is 11.4 Å². The highest BCUT2D eigenvalue weighted by molar-refractivity contribution is 5.80. The van der Waals surface area contributed by atoms with Crippen LogP contribution in [0.15, 0.2) is 47.0 Å². The molecule has 3 aromatic rings. The summed E-state index contributed by atoms with van der Waals surface area (Å²) >= 11 is 0. The Kier molecular flexibility index (Phi) is 5.78. The third-order valence-corrected chi connectivity index (χ3v) is 4.51. The monoisotopic (exact) mass is 379 g/mol. The average molecular weight is 379 g/mol. The summed E-state index contributed by atoms with van der Waals surface area (Å²) < 4.78 is 11.2. The lowest BCUT2D eigenvalue weighted by Gasteiger charge is -2.21. The van der Waals surface area contributed by atoms with Gasteiger partial charge in [-0.25, -0.2) is 0 Å². The number of hydrogen-bond donors (Lipinski definition) is 0. The molecule has 0 fully saturated rings. The van der Waals surface area contributed by atoms with Crippen LogP contribution in [0.5, 0.6) is 5.75 Å². The quantitative estimate of drug-likeness (QED) is 0.645. The van der Waals surface area contributed by atoms with Gasteiger partial charge in [-0.2, -0.15) is 4.98 Å². The summed E-state index contributed by atoms with van der Waals surface area (Å²) in [5.41, 5.74) is 4.19. The van der Waals surface area contributed by atoms with Crippen molar-refractivity contribution in [3.8, 4) is 17.1 Å². The van der Waals surface area contributed by atoms with Crippen LogP contribution in [-0.2, 0) is 11.3 Å². The van der Waals surface area contributed by atoms with Crippen LogP contribution in [0, 0.1) is 20.8 Å². The Hall–Kier alpha value is -3.15. The van der Waals surface area contributed by atoms with Crippen molar-refractivity contribution in [1.29, 1.82) is 0 Å². The number of nitrogens with zero attached hydrogens (tertiary/aromatic N) is 3. The van der Waals surface area contributed by atoms with E-state index in [9.17, 15) is 4.79 Å². The molecule has 0 aliphatic rings. The number of aromatic nitrogens is 2. The number of hydrogen-bond acceptors (Lipinski definition) is 5. The molecule has 2 aromatic carbocycles.